The van der Waals surface area contributed by atoms with Gasteiger partial charge in [0.2, 0.25) is 0 Å². The number of benzene rings is 1. The average Bonchev–Trinajstić information content (AvgIpc) is 2.96. The van der Waals surface area contributed by atoms with E-state index in [0.717, 1.165) is 52.9 Å². The number of ether oxygens (including phenoxy) is 1. The number of carbonyl (C=O) groups excluding carboxylic acids is 1. The predicted octanol–water partition coefficient (Wildman–Crippen LogP) is 4.46. The Bertz CT molecular complexity index is 761. The molecule has 3 rings (SSSR count). The van der Waals surface area contributed by atoms with Crippen molar-refractivity contribution in [3.8, 4) is 5.75 Å². The number of alkyl halides is 2. The highest BCUT2D eigenvalue weighted by Crippen LogP contribution is 2.31. The average molecular weight is 399 g/mol. The van der Waals surface area contributed by atoms with Gasteiger partial charge in [0.05, 0.1) is 0 Å². The van der Waals surface area contributed by atoms with Gasteiger partial charge in [0.25, 0.3) is 5.91 Å². The van der Waals surface area contributed by atoms with E-state index in [0.29, 0.717) is 5.69 Å². The monoisotopic (exact) mass is 398 g/mol. The maximum atomic E-state index is 12.5. The number of amides is 1. The highest BCUT2D eigenvalue weighted by Gasteiger charge is 2.19. The molecule has 1 aliphatic heterocycles. The topological polar surface area (TPSA) is 41.6 Å². The van der Waals surface area contributed by atoms with Crippen molar-refractivity contribution in [2.75, 3.05) is 29.9 Å². The third-order valence-corrected chi connectivity index (χ3v) is 5.91. The molecule has 8 heteroatoms. The van der Waals surface area contributed by atoms with E-state index < -0.39 is 12.5 Å². The second kappa shape index (κ2) is 8.83. The first-order chi connectivity index (χ1) is 12.5. The molecule has 140 valence electrons. The van der Waals surface area contributed by atoms with E-state index in [1.54, 1.807) is 13.0 Å². The molecule has 1 aromatic carbocycles. The Morgan fingerprint density at radius 1 is 1.31 bits per heavy atom. The summed E-state index contributed by atoms with van der Waals surface area (Å²) in [6.07, 6.45) is 0. The first kappa shape index (κ1) is 19.1. The first-order valence-corrected chi connectivity index (χ1v) is 10.2. The molecule has 0 bridgehead atoms. The van der Waals surface area contributed by atoms with Crippen LogP contribution in [-0.4, -0.2) is 42.0 Å². The molecule has 0 saturated carbocycles. The van der Waals surface area contributed by atoms with E-state index in [2.05, 4.69) is 15.0 Å². The molecule has 2 heterocycles. The molecule has 26 heavy (non-hydrogen) atoms. The minimum atomic E-state index is -2.96. The SMILES string of the molecule is Cc1cc(OC(F)F)c(C(=O)Nc2cccc(CN3CCSCC3)c2)s1. The van der Waals surface area contributed by atoms with E-state index in [9.17, 15) is 13.6 Å². The van der Waals surface area contributed by atoms with E-state index in [1.807, 2.05) is 30.0 Å². The predicted molar refractivity (Wildman–Crippen MR) is 103 cm³/mol. The molecular formula is C18H20F2N2O2S2. The Hall–Kier alpha value is -1.64. The van der Waals surface area contributed by atoms with Crippen molar-refractivity contribution in [2.24, 2.45) is 0 Å². The van der Waals surface area contributed by atoms with Crippen LogP contribution in [-0.2, 0) is 6.54 Å². The van der Waals surface area contributed by atoms with Crippen LogP contribution in [0.3, 0.4) is 0 Å². The van der Waals surface area contributed by atoms with Gasteiger partial charge < -0.3 is 10.1 Å². The third-order valence-electron chi connectivity index (χ3n) is 3.94. The Morgan fingerprint density at radius 2 is 2.08 bits per heavy atom. The minimum Gasteiger partial charge on any atom is -0.433 e. The zero-order chi connectivity index (χ0) is 18.5. The summed E-state index contributed by atoms with van der Waals surface area (Å²) in [5.41, 5.74) is 1.76. The first-order valence-electron chi connectivity index (χ1n) is 8.27. The molecule has 0 spiro atoms. The Kier molecular flexibility index (Phi) is 6.50. The molecule has 0 aliphatic carbocycles. The van der Waals surface area contributed by atoms with Crippen LogP contribution in [0.4, 0.5) is 14.5 Å². The van der Waals surface area contributed by atoms with Gasteiger partial charge in [-0.25, -0.2) is 0 Å². The van der Waals surface area contributed by atoms with Gasteiger partial charge in [-0.15, -0.1) is 11.3 Å². The number of nitrogens with zero attached hydrogens (tertiary/aromatic N) is 1. The molecular weight excluding hydrogens is 378 g/mol. The number of carbonyl (C=O) groups is 1. The van der Waals surface area contributed by atoms with Crippen LogP contribution >= 0.6 is 23.1 Å². The molecule has 4 nitrogen and oxygen atoms in total. The van der Waals surface area contributed by atoms with Crippen molar-refractivity contribution in [1.29, 1.82) is 0 Å². The molecule has 1 amide bonds. The van der Waals surface area contributed by atoms with Crippen LogP contribution in [0.25, 0.3) is 0 Å². The Morgan fingerprint density at radius 3 is 2.81 bits per heavy atom. The van der Waals surface area contributed by atoms with E-state index in [1.165, 1.54) is 6.07 Å². The fourth-order valence-corrected chi connectivity index (χ4v) is 4.60. The zero-order valence-corrected chi connectivity index (χ0v) is 16.0. The Labute approximate surface area is 159 Å². The fourth-order valence-electron chi connectivity index (χ4n) is 2.79. The fraction of sp³-hybridized carbons (Fsp3) is 0.389. The van der Waals surface area contributed by atoms with Crippen LogP contribution in [0.15, 0.2) is 30.3 Å². The van der Waals surface area contributed by atoms with Crippen molar-refractivity contribution in [3.63, 3.8) is 0 Å². The van der Waals surface area contributed by atoms with Gasteiger partial charge in [-0.1, -0.05) is 12.1 Å². The van der Waals surface area contributed by atoms with Gasteiger partial charge in [0.15, 0.2) is 0 Å². The maximum absolute atomic E-state index is 12.5. The molecule has 1 aliphatic rings. The number of anilines is 1. The van der Waals surface area contributed by atoms with Crippen LogP contribution in [0.1, 0.15) is 20.1 Å². The summed E-state index contributed by atoms with van der Waals surface area (Å²) in [4.78, 5) is 15.8. The molecule has 0 atom stereocenters. The zero-order valence-electron chi connectivity index (χ0n) is 14.3. The summed E-state index contributed by atoms with van der Waals surface area (Å²) in [7, 11) is 0. The molecule has 1 N–H and O–H groups in total. The molecule has 2 aromatic rings. The summed E-state index contributed by atoms with van der Waals surface area (Å²) in [6.45, 7) is 1.75. The second-order valence-corrected chi connectivity index (χ2v) is 8.45. The normalized spacial score (nSPS) is 15.2. The number of thiophene rings is 1. The second-order valence-electron chi connectivity index (χ2n) is 5.97. The number of hydrogen-bond donors (Lipinski definition) is 1. The summed E-state index contributed by atoms with van der Waals surface area (Å²) in [6, 6.07) is 9.09. The number of rotatable bonds is 6. The lowest BCUT2D eigenvalue weighted by atomic mass is 10.2. The lowest BCUT2D eigenvalue weighted by Crippen LogP contribution is -2.31. The number of nitrogens with one attached hydrogen (secondary N) is 1. The standard InChI is InChI=1S/C18H20F2N2O2S2/c1-12-9-15(24-18(19)20)16(26-12)17(23)21-14-4-2-3-13(10-14)11-22-5-7-25-8-6-22/h2-4,9-10,18H,5-8,11H2,1H3,(H,21,23). The smallest absolute Gasteiger partial charge is 0.387 e. The summed E-state index contributed by atoms with van der Waals surface area (Å²) in [5.74, 6) is 1.76. The van der Waals surface area contributed by atoms with E-state index >= 15 is 0 Å². The molecule has 0 radical (unpaired) electrons. The number of thioether (sulfide) groups is 1. The van der Waals surface area contributed by atoms with Crippen molar-refractivity contribution < 1.29 is 18.3 Å². The third kappa shape index (κ3) is 5.18. The molecule has 0 unspecified atom stereocenters. The summed E-state index contributed by atoms with van der Waals surface area (Å²) >= 11 is 3.10. The molecule has 1 aromatic heterocycles. The van der Waals surface area contributed by atoms with Crippen LogP contribution < -0.4 is 10.1 Å². The highest BCUT2D eigenvalue weighted by molar-refractivity contribution is 7.99. The van der Waals surface area contributed by atoms with Crippen LogP contribution in [0.2, 0.25) is 0 Å². The summed E-state index contributed by atoms with van der Waals surface area (Å²) < 4.78 is 29.5. The van der Waals surface area contributed by atoms with Gasteiger partial charge in [0, 0.05) is 41.7 Å². The van der Waals surface area contributed by atoms with E-state index in [4.69, 9.17) is 0 Å². The van der Waals surface area contributed by atoms with Gasteiger partial charge in [-0.05, 0) is 30.7 Å². The van der Waals surface area contributed by atoms with Crippen molar-refractivity contribution >= 4 is 34.7 Å². The van der Waals surface area contributed by atoms with Crippen molar-refractivity contribution in [1.82, 2.24) is 4.90 Å². The van der Waals surface area contributed by atoms with Gasteiger partial charge >= 0.3 is 6.61 Å². The largest absolute Gasteiger partial charge is 0.433 e. The number of hydrogen-bond acceptors (Lipinski definition) is 5. The quantitative estimate of drug-likeness (QED) is 0.780. The highest BCUT2D eigenvalue weighted by atomic mass is 32.2. The maximum Gasteiger partial charge on any atom is 0.387 e. The number of halogens is 2. The van der Waals surface area contributed by atoms with E-state index in [-0.39, 0.29) is 10.6 Å². The molecule has 1 fully saturated rings. The number of aryl methyl sites for hydroxylation is 1. The van der Waals surface area contributed by atoms with Gasteiger partial charge in [-0.3, -0.25) is 9.69 Å². The van der Waals surface area contributed by atoms with Gasteiger partial charge in [0.1, 0.15) is 10.6 Å². The van der Waals surface area contributed by atoms with Crippen LogP contribution in [0.5, 0.6) is 5.75 Å². The van der Waals surface area contributed by atoms with Gasteiger partial charge in [-0.2, -0.15) is 20.5 Å². The summed E-state index contributed by atoms with van der Waals surface area (Å²) in [5, 5.41) is 2.79. The Balaban J connectivity index is 1.68. The minimum absolute atomic E-state index is 0.0815. The van der Waals surface area contributed by atoms with Crippen LogP contribution in [0, 0.1) is 6.92 Å². The lowest BCUT2D eigenvalue weighted by molar-refractivity contribution is -0.0498. The molecule has 1 saturated heterocycles. The lowest BCUT2D eigenvalue weighted by Gasteiger charge is -2.26. The van der Waals surface area contributed by atoms with Crippen molar-refractivity contribution in [3.05, 3.63) is 45.6 Å². The van der Waals surface area contributed by atoms with Crippen molar-refractivity contribution in [2.45, 2.75) is 20.1 Å².